The number of carbonyl (C=O) groups is 1. The summed E-state index contributed by atoms with van der Waals surface area (Å²) in [5.41, 5.74) is 1.80. The van der Waals surface area contributed by atoms with E-state index in [1.807, 2.05) is 12.1 Å². The zero-order valence-corrected chi connectivity index (χ0v) is 17.6. The Morgan fingerprint density at radius 2 is 1.87 bits per heavy atom. The molecule has 0 saturated heterocycles. The highest BCUT2D eigenvalue weighted by Crippen LogP contribution is 2.30. The molecule has 0 aliphatic carbocycles. The van der Waals surface area contributed by atoms with Gasteiger partial charge in [-0.3, -0.25) is 9.36 Å². The Balaban J connectivity index is 1.96. The second-order valence-electron chi connectivity index (χ2n) is 6.68. The summed E-state index contributed by atoms with van der Waals surface area (Å²) in [5, 5.41) is 0.600. The number of hydrogen-bond donors (Lipinski definition) is 0. The number of ether oxygens (including phenoxy) is 1. The Morgan fingerprint density at radius 3 is 2.50 bits per heavy atom. The number of nitrogens with zero attached hydrogens (tertiary/aromatic N) is 2. The Kier molecular flexibility index (Phi) is 5.40. The molecule has 1 aliphatic rings. The van der Waals surface area contributed by atoms with Gasteiger partial charge in [0, 0.05) is 5.02 Å². The van der Waals surface area contributed by atoms with E-state index in [9.17, 15) is 14.0 Å². The normalized spacial score (nSPS) is 16.3. The number of fused-ring (bicyclic) bond motifs is 1. The van der Waals surface area contributed by atoms with Crippen LogP contribution in [0.4, 0.5) is 4.39 Å². The maximum atomic E-state index is 13.5. The molecule has 30 heavy (non-hydrogen) atoms. The number of allylic oxidation sites excluding steroid dienone is 1. The Bertz CT molecular complexity index is 1340. The molecule has 2 heterocycles. The van der Waals surface area contributed by atoms with E-state index >= 15 is 0 Å². The fourth-order valence-corrected chi connectivity index (χ4v) is 4.54. The fourth-order valence-electron chi connectivity index (χ4n) is 3.36. The van der Waals surface area contributed by atoms with Gasteiger partial charge in [-0.25, -0.2) is 14.2 Å². The van der Waals surface area contributed by atoms with Crippen molar-refractivity contribution in [2.75, 3.05) is 7.11 Å². The van der Waals surface area contributed by atoms with Crippen molar-refractivity contribution in [1.82, 2.24) is 4.57 Å². The number of hydrogen-bond acceptors (Lipinski definition) is 5. The van der Waals surface area contributed by atoms with Crippen molar-refractivity contribution in [3.8, 4) is 0 Å². The van der Waals surface area contributed by atoms with Crippen LogP contribution < -0.4 is 14.9 Å². The van der Waals surface area contributed by atoms with Crippen molar-refractivity contribution in [1.29, 1.82) is 0 Å². The molecule has 0 N–H and O–H groups in total. The second-order valence-corrected chi connectivity index (χ2v) is 8.12. The van der Waals surface area contributed by atoms with Crippen LogP contribution in [0.15, 0.2) is 69.6 Å². The van der Waals surface area contributed by atoms with Crippen LogP contribution in [-0.2, 0) is 9.53 Å². The Hall–Kier alpha value is -3.03. The SMILES string of the molecule is COC(=O)C1=C(C)N=c2s/c(=C\c3ccc(Cl)cc3)c(=O)n2[C@H]1c1ccc(F)cc1. The van der Waals surface area contributed by atoms with Gasteiger partial charge in [0.1, 0.15) is 5.82 Å². The number of aromatic nitrogens is 1. The van der Waals surface area contributed by atoms with E-state index in [1.165, 1.54) is 35.1 Å². The molecule has 3 aromatic rings. The number of rotatable bonds is 3. The molecule has 0 unspecified atom stereocenters. The van der Waals surface area contributed by atoms with Gasteiger partial charge in [0.2, 0.25) is 0 Å². The topological polar surface area (TPSA) is 60.7 Å². The van der Waals surface area contributed by atoms with Crippen LogP contribution in [0.1, 0.15) is 24.1 Å². The molecule has 1 atom stereocenters. The molecule has 4 rings (SSSR count). The number of carbonyl (C=O) groups excluding carboxylic acids is 1. The minimum absolute atomic E-state index is 0.245. The molecule has 0 bridgehead atoms. The molecule has 152 valence electrons. The van der Waals surface area contributed by atoms with Crippen molar-refractivity contribution < 1.29 is 13.9 Å². The van der Waals surface area contributed by atoms with Crippen molar-refractivity contribution in [3.63, 3.8) is 0 Å². The van der Waals surface area contributed by atoms with Gasteiger partial charge in [-0.05, 0) is 48.4 Å². The quantitative estimate of drug-likeness (QED) is 0.585. The smallest absolute Gasteiger partial charge is 0.338 e. The van der Waals surface area contributed by atoms with Gasteiger partial charge in [0.05, 0.1) is 29.0 Å². The van der Waals surface area contributed by atoms with Gasteiger partial charge >= 0.3 is 5.97 Å². The van der Waals surface area contributed by atoms with Crippen LogP contribution >= 0.6 is 22.9 Å². The lowest BCUT2D eigenvalue weighted by atomic mass is 9.96. The zero-order chi connectivity index (χ0) is 21.4. The van der Waals surface area contributed by atoms with Crippen molar-refractivity contribution in [2.24, 2.45) is 4.99 Å². The Morgan fingerprint density at radius 1 is 1.20 bits per heavy atom. The van der Waals surface area contributed by atoms with E-state index in [2.05, 4.69) is 4.99 Å². The molecular formula is C22H16ClFN2O3S. The van der Waals surface area contributed by atoms with Crippen LogP contribution in [0.25, 0.3) is 6.08 Å². The predicted octanol–water partition coefficient (Wildman–Crippen LogP) is 3.20. The van der Waals surface area contributed by atoms with Crippen molar-refractivity contribution >= 4 is 35.0 Å². The van der Waals surface area contributed by atoms with Crippen LogP contribution in [0.2, 0.25) is 5.02 Å². The van der Waals surface area contributed by atoms with Gasteiger partial charge in [0.25, 0.3) is 5.56 Å². The zero-order valence-electron chi connectivity index (χ0n) is 16.1. The number of halogens is 2. The summed E-state index contributed by atoms with van der Waals surface area (Å²) in [7, 11) is 1.27. The highest BCUT2D eigenvalue weighted by molar-refractivity contribution is 7.07. The third-order valence-corrected chi connectivity index (χ3v) is 6.02. The second kappa shape index (κ2) is 8.01. The van der Waals surface area contributed by atoms with E-state index in [4.69, 9.17) is 16.3 Å². The summed E-state index contributed by atoms with van der Waals surface area (Å²) in [5.74, 6) is -0.994. The first-order chi connectivity index (χ1) is 14.4. The molecule has 2 aromatic carbocycles. The van der Waals surface area contributed by atoms with Crippen molar-refractivity contribution in [3.05, 3.63) is 101 Å². The number of benzene rings is 2. The molecule has 0 radical (unpaired) electrons. The fraction of sp³-hybridized carbons (Fsp3) is 0.136. The lowest BCUT2D eigenvalue weighted by molar-refractivity contribution is -0.136. The first-order valence-corrected chi connectivity index (χ1v) is 10.2. The van der Waals surface area contributed by atoms with Crippen LogP contribution in [0.3, 0.4) is 0 Å². The summed E-state index contributed by atoms with van der Waals surface area (Å²) in [4.78, 5) is 30.8. The third-order valence-electron chi connectivity index (χ3n) is 4.78. The molecular weight excluding hydrogens is 427 g/mol. The lowest BCUT2D eigenvalue weighted by Crippen LogP contribution is -2.39. The maximum absolute atomic E-state index is 13.5. The largest absolute Gasteiger partial charge is 0.466 e. The summed E-state index contributed by atoms with van der Waals surface area (Å²) in [6.07, 6.45) is 1.75. The number of esters is 1. The molecule has 5 nitrogen and oxygen atoms in total. The number of methoxy groups -OCH3 is 1. The molecule has 8 heteroatoms. The average molecular weight is 443 g/mol. The van der Waals surface area contributed by atoms with Gasteiger partial charge in [-0.1, -0.05) is 47.2 Å². The summed E-state index contributed by atoms with van der Waals surface area (Å²) in [6.45, 7) is 1.69. The third kappa shape index (κ3) is 3.62. The summed E-state index contributed by atoms with van der Waals surface area (Å²) < 4.78 is 20.4. The average Bonchev–Trinajstić information content (AvgIpc) is 3.03. The molecule has 1 aromatic heterocycles. The minimum Gasteiger partial charge on any atom is -0.466 e. The standard InChI is InChI=1S/C22H16ClFN2O3S/c1-12-18(21(28)29-2)19(14-5-9-16(24)10-6-14)26-20(27)17(30-22(26)25-12)11-13-3-7-15(23)8-4-13/h3-11,19H,1-2H3/b17-11-/t19-/m0/s1. The highest BCUT2D eigenvalue weighted by atomic mass is 35.5. The molecule has 0 fully saturated rings. The van der Waals surface area contributed by atoms with Crippen LogP contribution in [-0.4, -0.2) is 17.6 Å². The first kappa shape index (κ1) is 20.3. The van der Waals surface area contributed by atoms with E-state index in [0.717, 1.165) is 5.56 Å². The first-order valence-electron chi connectivity index (χ1n) is 9.01. The molecule has 0 amide bonds. The van der Waals surface area contributed by atoms with E-state index in [-0.39, 0.29) is 11.1 Å². The van der Waals surface area contributed by atoms with Gasteiger partial charge in [0.15, 0.2) is 4.80 Å². The van der Waals surface area contributed by atoms with Gasteiger partial charge in [-0.15, -0.1) is 0 Å². The Labute approximate surface area is 180 Å². The lowest BCUT2D eigenvalue weighted by Gasteiger charge is -2.24. The molecule has 1 aliphatic heterocycles. The molecule has 0 saturated carbocycles. The van der Waals surface area contributed by atoms with Crippen molar-refractivity contribution in [2.45, 2.75) is 13.0 Å². The van der Waals surface area contributed by atoms with Crippen LogP contribution in [0, 0.1) is 5.82 Å². The highest BCUT2D eigenvalue weighted by Gasteiger charge is 2.33. The van der Waals surface area contributed by atoms with E-state index in [1.54, 1.807) is 37.3 Å². The minimum atomic E-state index is -0.762. The van der Waals surface area contributed by atoms with E-state index < -0.39 is 17.8 Å². The number of thiazole rings is 1. The maximum Gasteiger partial charge on any atom is 0.338 e. The summed E-state index contributed by atoms with van der Waals surface area (Å²) in [6, 6.07) is 12.0. The molecule has 0 spiro atoms. The predicted molar refractivity (Wildman–Crippen MR) is 114 cm³/mol. The van der Waals surface area contributed by atoms with Gasteiger partial charge < -0.3 is 4.74 Å². The summed E-state index contributed by atoms with van der Waals surface area (Å²) >= 11 is 7.16. The van der Waals surface area contributed by atoms with Crippen LogP contribution in [0.5, 0.6) is 0 Å². The monoisotopic (exact) mass is 442 g/mol. The van der Waals surface area contributed by atoms with E-state index in [0.29, 0.717) is 25.6 Å². The van der Waals surface area contributed by atoms with Gasteiger partial charge in [-0.2, -0.15) is 0 Å².